The molecule has 8 heteroatoms. The summed E-state index contributed by atoms with van der Waals surface area (Å²) in [6.45, 7) is 8.07. The number of carbonyl (C=O) groups is 2. The van der Waals surface area contributed by atoms with Crippen molar-refractivity contribution in [1.29, 1.82) is 0 Å². The van der Waals surface area contributed by atoms with Crippen molar-refractivity contribution >= 4 is 17.9 Å². The first kappa shape index (κ1) is 19.9. The highest BCUT2D eigenvalue weighted by Gasteiger charge is 2.25. The van der Waals surface area contributed by atoms with Gasteiger partial charge in [-0.15, -0.1) is 0 Å². The molecular formula is C18H29N5O3. The quantitative estimate of drug-likeness (QED) is 0.722. The Bertz CT molecular complexity index is 615. The molecule has 1 aliphatic heterocycles. The molecule has 1 aliphatic rings. The van der Waals surface area contributed by atoms with Crippen LogP contribution in [0.5, 0.6) is 0 Å². The van der Waals surface area contributed by atoms with Crippen LogP contribution >= 0.6 is 0 Å². The fraction of sp³-hybridized carbons (Fsp3) is 0.667. The predicted octanol–water partition coefficient (Wildman–Crippen LogP) is 2.35. The third-order valence-electron chi connectivity index (χ3n) is 4.26. The average Bonchev–Trinajstić information content (AvgIpc) is 2.62. The van der Waals surface area contributed by atoms with E-state index in [0.29, 0.717) is 44.2 Å². The highest BCUT2D eigenvalue weighted by atomic mass is 16.6. The molecule has 0 aromatic carbocycles. The molecule has 0 aliphatic carbocycles. The number of nitrogens with one attached hydrogen (secondary N) is 2. The van der Waals surface area contributed by atoms with Crippen LogP contribution in [0.2, 0.25) is 0 Å². The number of hydrogen-bond acceptors (Lipinski definition) is 6. The number of ether oxygens (including phenoxy) is 1. The second kappa shape index (κ2) is 9.94. The monoisotopic (exact) mass is 363 g/mol. The Hall–Kier alpha value is -2.38. The number of carbonyl (C=O) groups excluding carboxylic acids is 2. The van der Waals surface area contributed by atoms with Gasteiger partial charge >= 0.3 is 6.09 Å². The Balaban J connectivity index is 1.89. The molecule has 1 fully saturated rings. The van der Waals surface area contributed by atoms with E-state index in [1.165, 1.54) is 0 Å². The number of likely N-dealkylation sites (tertiary alicyclic amines) is 1. The minimum absolute atomic E-state index is 0.0277. The van der Waals surface area contributed by atoms with Gasteiger partial charge in [0.15, 0.2) is 0 Å². The first-order valence-electron chi connectivity index (χ1n) is 9.35. The normalized spacial score (nSPS) is 14.8. The molecule has 0 radical (unpaired) electrons. The average molecular weight is 363 g/mol. The number of rotatable bonds is 7. The smallest absolute Gasteiger partial charge is 0.409 e. The fourth-order valence-electron chi connectivity index (χ4n) is 2.82. The zero-order chi connectivity index (χ0) is 18.9. The number of anilines is 1. The standard InChI is InChI=1S/C18H29N5O3/c1-4-6-9-19-17-20-13(3)12-15(22-17)16(24)21-14-7-10-23(11-8-14)18(25)26-5-2/h12,14H,4-11H2,1-3H3,(H,21,24)(H,19,20,22). The third-order valence-corrected chi connectivity index (χ3v) is 4.26. The Kier molecular flexibility index (Phi) is 7.62. The summed E-state index contributed by atoms with van der Waals surface area (Å²) < 4.78 is 5.01. The molecule has 1 saturated heterocycles. The number of aryl methyl sites for hydroxylation is 1. The van der Waals surface area contributed by atoms with Crippen LogP contribution in [0.3, 0.4) is 0 Å². The molecule has 0 unspecified atom stereocenters. The Morgan fingerprint density at radius 1 is 1.27 bits per heavy atom. The number of amides is 2. The Morgan fingerprint density at radius 2 is 2.00 bits per heavy atom. The summed E-state index contributed by atoms with van der Waals surface area (Å²) in [5.74, 6) is 0.282. The van der Waals surface area contributed by atoms with Gasteiger partial charge in [-0.25, -0.2) is 14.8 Å². The van der Waals surface area contributed by atoms with Crippen molar-refractivity contribution < 1.29 is 14.3 Å². The van der Waals surface area contributed by atoms with Gasteiger partial charge in [0.2, 0.25) is 5.95 Å². The summed E-state index contributed by atoms with van der Waals surface area (Å²) in [6, 6.07) is 1.72. The topological polar surface area (TPSA) is 96.5 Å². The van der Waals surface area contributed by atoms with Gasteiger partial charge in [-0.2, -0.15) is 0 Å². The number of piperidine rings is 1. The molecule has 26 heavy (non-hydrogen) atoms. The van der Waals surface area contributed by atoms with Crippen molar-refractivity contribution in [3.63, 3.8) is 0 Å². The van der Waals surface area contributed by atoms with Crippen LogP contribution in [0.4, 0.5) is 10.7 Å². The Morgan fingerprint density at radius 3 is 2.65 bits per heavy atom. The number of hydrogen-bond donors (Lipinski definition) is 2. The molecule has 0 atom stereocenters. The van der Waals surface area contributed by atoms with E-state index in [1.807, 2.05) is 6.92 Å². The minimum Gasteiger partial charge on any atom is -0.450 e. The van der Waals surface area contributed by atoms with Crippen molar-refractivity contribution in [3.05, 3.63) is 17.5 Å². The third kappa shape index (κ3) is 5.86. The van der Waals surface area contributed by atoms with Gasteiger partial charge in [-0.05, 0) is 39.2 Å². The summed E-state index contributed by atoms with van der Waals surface area (Å²) in [6.07, 6.45) is 3.23. The maximum atomic E-state index is 12.5. The number of unbranched alkanes of at least 4 members (excludes halogenated alkanes) is 1. The van der Waals surface area contributed by atoms with Gasteiger partial charge in [-0.3, -0.25) is 4.79 Å². The van der Waals surface area contributed by atoms with Crippen LogP contribution in [0.15, 0.2) is 6.07 Å². The molecule has 1 aromatic heterocycles. The lowest BCUT2D eigenvalue weighted by atomic mass is 10.1. The van der Waals surface area contributed by atoms with Gasteiger partial charge in [0.25, 0.3) is 5.91 Å². The lowest BCUT2D eigenvalue weighted by molar-refractivity contribution is 0.0856. The lowest BCUT2D eigenvalue weighted by Crippen LogP contribution is -2.46. The zero-order valence-corrected chi connectivity index (χ0v) is 15.9. The summed E-state index contributed by atoms with van der Waals surface area (Å²) in [5.41, 5.74) is 1.12. The highest BCUT2D eigenvalue weighted by molar-refractivity contribution is 5.92. The van der Waals surface area contributed by atoms with Crippen LogP contribution < -0.4 is 10.6 Å². The molecule has 2 heterocycles. The molecule has 0 saturated carbocycles. The SMILES string of the molecule is CCCCNc1nc(C)cc(C(=O)NC2CCN(C(=O)OCC)CC2)n1. The van der Waals surface area contributed by atoms with E-state index in [2.05, 4.69) is 27.5 Å². The first-order valence-corrected chi connectivity index (χ1v) is 9.35. The van der Waals surface area contributed by atoms with Crippen LogP contribution in [0, 0.1) is 6.92 Å². The Labute approximate surface area is 154 Å². The van der Waals surface area contributed by atoms with Crippen LogP contribution in [0.1, 0.15) is 55.7 Å². The fourth-order valence-corrected chi connectivity index (χ4v) is 2.82. The van der Waals surface area contributed by atoms with Gasteiger partial charge in [-0.1, -0.05) is 13.3 Å². The van der Waals surface area contributed by atoms with E-state index in [0.717, 1.165) is 25.1 Å². The van der Waals surface area contributed by atoms with E-state index >= 15 is 0 Å². The van der Waals surface area contributed by atoms with Crippen molar-refractivity contribution in [3.8, 4) is 0 Å². The molecular weight excluding hydrogens is 334 g/mol. The van der Waals surface area contributed by atoms with E-state index < -0.39 is 0 Å². The summed E-state index contributed by atoms with van der Waals surface area (Å²) >= 11 is 0. The molecule has 8 nitrogen and oxygen atoms in total. The largest absolute Gasteiger partial charge is 0.450 e. The minimum atomic E-state index is -0.286. The summed E-state index contributed by atoms with van der Waals surface area (Å²) in [4.78, 5) is 34.6. The summed E-state index contributed by atoms with van der Waals surface area (Å²) in [5, 5.41) is 6.17. The van der Waals surface area contributed by atoms with E-state index in [-0.39, 0.29) is 18.0 Å². The van der Waals surface area contributed by atoms with Gasteiger partial charge in [0, 0.05) is 31.4 Å². The zero-order valence-electron chi connectivity index (χ0n) is 15.9. The van der Waals surface area contributed by atoms with Crippen LogP contribution in [-0.2, 0) is 4.74 Å². The highest BCUT2D eigenvalue weighted by Crippen LogP contribution is 2.13. The summed E-state index contributed by atoms with van der Waals surface area (Å²) in [7, 11) is 0. The first-order chi connectivity index (χ1) is 12.5. The molecule has 2 amide bonds. The molecule has 144 valence electrons. The van der Waals surface area contributed by atoms with Gasteiger partial charge < -0.3 is 20.3 Å². The lowest BCUT2D eigenvalue weighted by Gasteiger charge is -2.31. The maximum absolute atomic E-state index is 12.5. The van der Waals surface area contributed by atoms with E-state index in [1.54, 1.807) is 17.9 Å². The van der Waals surface area contributed by atoms with Gasteiger partial charge in [0.05, 0.1) is 6.61 Å². The van der Waals surface area contributed by atoms with Crippen molar-refractivity contribution in [2.75, 3.05) is 31.6 Å². The molecule has 2 rings (SSSR count). The molecule has 0 bridgehead atoms. The van der Waals surface area contributed by atoms with Crippen LogP contribution in [-0.4, -0.2) is 59.2 Å². The van der Waals surface area contributed by atoms with E-state index in [9.17, 15) is 9.59 Å². The second-order valence-electron chi connectivity index (χ2n) is 6.43. The molecule has 1 aromatic rings. The van der Waals surface area contributed by atoms with Crippen LogP contribution in [0.25, 0.3) is 0 Å². The molecule has 2 N–H and O–H groups in total. The number of nitrogens with zero attached hydrogens (tertiary/aromatic N) is 3. The molecule has 0 spiro atoms. The van der Waals surface area contributed by atoms with Crippen molar-refractivity contribution in [2.24, 2.45) is 0 Å². The number of aromatic nitrogens is 2. The maximum Gasteiger partial charge on any atom is 0.409 e. The van der Waals surface area contributed by atoms with E-state index in [4.69, 9.17) is 4.74 Å². The second-order valence-corrected chi connectivity index (χ2v) is 6.43. The van der Waals surface area contributed by atoms with Gasteiger partial charge in [0.1, 0.15) is 5.69 Å². The van der Waals surface area contributed by atoms with Crippen molar-refractivity contribution in [2.45, 2.75) is 52.5 Å². The predicted molar refractivity (Wildman–Crippen MR) is 99.2 cm³/mol. The van der Waals surface area contributed by atoms with Crippen molar-refractivity contribution in [1.82, 2.24) is 20.2 Å².